The summed E-state index contributed by atoms with van der Waals surface area (Å²) in [5.41, 5.74) is 2.02. The largest absolute Gasteiger partial charge is 0.303 e. The molecule has 0 aliphatic rings. The van der Waals surface area contributed by atoms with Gasteiger partial charge in [0.1, 0.15) is 6.29 Å². The van der Waals surface area contributed by atoms with Gasteiger partial charge in [0.05, 0.1) is 4.90 Å². The molecule has 0 saturated carbocycles. The van der Waals surface area contributed by atoms with Gasteiger partial charge in [0, 0.05) is 22.4 Å². The van der Waals surface area contributed by atoms with Crippen molar-refractivity contribution in [1.82, 2.24) is 0 Å². The Hall–Kier alpha value is -1.46. The van der Waals surface area contributed by atoms with E-state index in [0.717, 1.165) is 33.6 Å². The molecule has 0 bridgehead atoms. The fourth-order valence-corrected chi connectivity index (χ4v) is 3.88. The summed E-state index contributed by atoms with van der Waals surface area (Å²) in [6, 6.07) is 9.05. The summed E-state index contributed by atoms with van der Waals surface area (Å²) >= 11 is 1.62. The number of thiophene rings is 1. The van der Waals surface area contributed by atoms with Gasteiger partial charge in [0.25, 0.3) is 0 Å². The summed E-state index contributed by atoms with van der Waals surface area (Å²) in [4.78, 5) is 13.0. The topological polar surface area (TPSA) is 51.2 Å². The molecule has 0 fully saturated rings. The van der Waals surface area contributed by atoms with Crippen LogP contribution in [-0.4, -0.2) is 21.0 Å². The molecule has 0 aliphatic heterocycles. The van der Waals surface area contributed by atoms with Crippen molar-refractivity contribution in [2.24, 2.45) is 0 Å². The summed E-state index contributed by atoms with van der Waals surface area (Å²) in [6.07, 6.45) is 3.38. The highest BCUT2D eigenvalue weighted by atomic mass is 32.2. The number of sulfone groups is 1. The molecule has 0 saturated heterocycles. The van der Waals surface area contributed by atoms with Gasteiger partial charge in [0.2, 0.25) is 0 Å². The summed E-state index contributed by atoms with van der Waals surface area (Å²) in [5, 5.41) is 0. The van der Waals surface area contributed by atoms with Crippen LogP contribution in [-0.2, 0) is 21.1 Å². The molecule has 2 rings (SSSR count). The SMILES string of the molecule is Cc1cc(CCC=O)sc1-c1cccc(S(C)(=O)=O)c1. The van der Waals surface area contributed by atoms with Crippen molar-refractivity contribution in [3.05, 3.63) is 40.8 Å². The maximum absolute atomic E-state index is 11.6. The minimum atomic E-state index is -3.20. The zero-order valence-corrected chi connectivity index (χ0v) is 13.1. The van der Waals surface area contributed by atoms with Crippen LogP contribution in [0.3, 0.4) is 0 Å². The maximum Gasteiger partial charge on any atom is 0.175 e. The Labute approximate surface area is 123 Å². The second-order valence-corrected chi connectivity index (χ2v) is 7.88. The third-order valence-electron chi connectivity index (χ3n) is 3.00. The zero-order valence-electron chi connectivity index (χ0n) is 11.4. The van der Waals surface area contributed by atoms with Crippen LogP contribution in [0.4, 0.5) is 0 Å². The second kappa shape index (κ2) is 5.89. The predicted octanol–water partition coefficient (Wildman–Crippen LogP) is 3.26. The van der Waals surface area contributed by atoms with Gasteiger partial charge < -0.3 is 4.79 Å². The molecule has 5 heteroatoms. The Morgan fingerprint density at radius 2 is 2.00 bits per heavy atom. The van der Waals surface area contributed by atoms with E-state index >= 15 is 0 Å². The first kappa shape index (κ1) is 14.9. The highest BCUT2D eigenvalue weighted by Gasteiger charge is 2.12. The molecule has 0 radical (unpaired) electrons. The first-order valence-electron chi connectivity index (χ1n) is 6.25. The molecular formula is C15H16O3S2. The van der Waals surface area contributed by atoms with Crippen LogP contribution in [0.2, 0.25) is 0 Å². The van der Waals surface area contributed by atoms with Crippen LogP contribution in [0.15, 0.2) is 35.2 Å². The Kier molecular flexibility index (Phi) is 4.40. The lowest BCUT2D eigenvalue weighted by Gasteiger charge is -2.03. The van der Waals surface area contributed by atoms with Crippen LogP contribution in [0.5, 0.6) is 0 Å². The quantitative estimate of drug-likeness (QED) is 0.797. The first-order valence-corrected chi connectivity index (χ1v) is 8.96. The van der Waals surface area contributed by atoms with Gasteiger partial charge in [0.15, 0.2) is 9.84 Å². The maximum atomic E-state index is 11.6. The van der Waals surface area contributed by atoms with Gasteiger partial charge in [-0.15, -0.1) is 11.3 Å². The normalized spacial score (nSPS) is 11.5. The zero-order chi connectivity index (χ0) is 14.8. The van der Waals surface area contributed by atoms with Crippen LogP contribution < -0.4 is 0 Å². The Morgan fingerprint density at radius 3 is 2.65 bits per heavy atom. The van der Waals surface area contributed by atoms with E-state index in [1.54, 1.807) is 29.5 Å². The molecule has 1 heterocycles. The minimum Gasteiger partial charge on any atom is -0.303 e. The van der Waals surface area contributed by atoms with E-state index in [0.29, 0.717) is 11.3 Å². The highest BCUT2D eigenvalue weighted by molar-refractivity contribution is 7.90. The lowest BCUT2D eigenvalue weighted by atomic mass is 10.1. The van der Waals surface area contributed by atoms with Crippen molar-refractivity contribution in [3.63, 3.8) is 0 Å². The Balaban J connectivity index is 2.41. The number of carbonyl (C=O) groups is 1. The number of aryl methyl sites for hydroxylation is 2. The third kappa shape index (κ3) is 3.35. The van der Waals surface area contributed by atoms with Gasteiger partial charge in [-0.3, -0.25) is 0 Å². The molecular weight excluding hydrogens is 292 g/mol. The molecule has 0 atom stereocenters. The fraction of sp³-hybridized carbons (Fsp3) is 0.267. The van der Waals surface area contributed by atoms with Crippen molar-refractivity contribution in [1.29, 1.82) is 0 Å². The molecule has 2 aromatic rings. The van der Waals surface area contributed by atoms with Gasteiger partial charge >= 0.3 is 0 Å². The molecule has 3 nitrogen and oxygen atoms in total. The molecule has 0 spiro atoms. The van der Waals surface area contributed by atoms with E-state index in [-0.39, 0.29) is 0 Å². The number of hydrogen-bond acceptors (Lipinski definition) is 4. The van der Waals surface area contributed by atoms with Gasteiger partial charge in [-0.05, 0) is 42.7 Å². The van der Waals surface area contributed by atoms with E-state index in [9.17, 15) is 13.2 Å². The third-order valence-corrected chi connectivity index (χ3v) is 5.46. The molecule has 0 aliphatic carbocycles. The van der Waals surface area contributed by atoms with E-state index < -0.39 is 9.84 Å². The highest BCUT2D eigenvalue weighted by Crippen LogP contribution is 2.33. The van der Waals surface area contributed by atoms with Crippen molar-refractivity contribution in [2.75, 3.05) is 6.26 Å². The van der Waals surface area contributed by atoms with E-state index in [1.807, 2.05) is 13.0 Å². The molecule has 106 valence electrons. The summed E-state index contributed by atoms with van der Waals surface area (Å²) in [5.74, 6) is 0. The second-order valence-electron chi connectivity index (χ2n) is 4.73. The molecule has 0 amide bonds. The average molecular weight is 308 g/mol. The monoisotopic (exact) mass is 308 g/mol. The smallest absolute Gasteiger partial charge is 0.175 e. The fourth-order valence-electron chi connectivity index (χ4n) is 2.03. The van der Waals surface area contributed by atoms with Gasteiger partial charge in [-0.25, -0.2) is 8.42 Å². The van der Waals surface area contributed by atoms with Crippen molar-refractivity contribution < 1.29 is 13.2 Å². The summed E-state index contributed by atoms with van der Waals surface area (Å²) in [6.45, 7) is 2.00. The van der Waals surface area contributed by atoms with E-state index in [4.69, 9.17) is 0 Å². The minimum absolute atomic E-state index is 0.331. The van der Waals surface area contributed by atoms with Gasteiger partial charge in [-0.2, -0.15) is 0 Å². The number of hydrogen-bond donors (Lipinski definition) is 0. The molecule has 20 heavy (non-hydrogen) atoms. The Morgan fingerprint density at radius 1 is 1.25 bits per heavy atom. The van der Waals surface area contributed by atoms with Crippen LogP contribution >= 0.6 is 11.3 Å². The lowest BCUT2D eigenvalue weighted by Crippen LogP contribution is -1.96. The molecule has 0 N–H and O–H groups in total. The lowest BCUT2D eigenvalue weighted by molar-refractivity contribution is -0.107. The first-order chi connectivity index (χ1) is 9.41. The van der Waals surface area contributed by atoms with E-state index in [1.165, 1.54) is 6.26 Å². The van der Waals surface area contributed by atoms with Crippen LogP contribution in [0.25, 0.3) is 10.4 Å². The number of carbonyl (C=O) groups excluding carboxylic acids is 1. The van der Waals surface area contributed by atoms with Crippen molar-refractivity contribution >= 4 is 27.5 Å². The molecule has 0 unspecified atom stereocenters. The standard InChI is InChI=1S/C15H16O3S2/c1-11-9-13(6-4-8-16)19-15(11)12-5-3-7-14(10-12)20(2,17)18/h3,5,7-10H,4,6H2,1-2H3. The number of benzene rings is 1. The van der Waals surface area contributed by atoms with Crippen molar-refractivity contribution in [3.8, 4) is 10.4 Å². The Bertz CT molecular complexity index is 727. The predicted molar refractivity (Wildman–Crippen MR) is 82.0 cm³/mol. The van der Waals surface area contributed by atoms with Crippen LogP contribution in [0.1, 0.15) is 16.9 Å². The van der Waals surface area contributed by atoms with Gasteiger partial charge in [-0.1, -0.05) is 12.1 Å². The van der Waals surface area contributed by atoms with Crippen LogP contribution in [0, 0.1) is 6.92 Å². The molecule has 1 aromatic heterocycles. The number of aldehydes is 1. The molecule has 1 aromatic carbocycles. The summed E-state index contributed by atoms with van der Waals surface area (Å²) < 4.78 is 23.2. The summed E-state index contributed by atoms with van der Waals surface area (Å²) in [7, 11) is -3.20. The van der Waals surface area contributed by atoms with E-state index in [2.05, 4.69) is 6.07 Å². The van der Waals surface area contributed by atoms with Crippen molar-refractivity contribution in [2.45, 2.75) is 24.7 Å². The number of rotatable bonds is 5. The average Bonchev–Trinajstić information content (AvgIpc) is 2.77.